The summed E-state index contributed by atoms with van der Waals surface area (Å²) in [7, 11) is 0. The van der Waals surface area contributed by atoms with Gasteiger partial charge in [-0.3, -0.25) is 0 Å². The van der Waals surface area contributed by atoms with Gasteiger partial charge in [0.2, 0.25) is 0 Å². The van der Waals surface area contributed by atoms with Gasteiger partial charge in [-0.1, -0.05) is 0 Å². The van der Waals surface area contributed by atoms with Crippen LogP contribution in [0, 0.1) is 0 Å². The van der Waals surface area contributed by atoms with Crippen LogP contribution in [0.5, 0.6) is 0 Å². The van der Waals surface area contributed by atoms with E-state index in [2.05, 4.69) is 0 Å². The van der Waals surface area contributed by atoms with Crippen molar-refractivity contribution in [3.63, 3.8) is 0 Å². The van der Waals surface area contributed by atoms with Crippen molar-refractivity contribution in [2.24, 2.45) is 0 Å². The Morgan fingerprint density at radius 3 is 1.00 bits per heavy atom. The van der Waals surface area contributed by atoms with Gasteiger partial charge in [-0.15, -0.1) is 0 Å². The number of hydrogen-bond acceptors (Lipinski definition) is 0. The Hall–Kier alpha value is 2.78. The Bertz CT molecular complexity index is 8.00. The van der Waals surface area contributed by atoms with Crippen LogP contribution in [-0.4, -0.2) is 26.2 Å². The van der Waals surface area contributed by atoms with Gasteiger partial charge in [0.15, 0.2) is 0 Å². The maximum absolute atomic E-state index is 0. The second kappa shape index (κ2) is 17.1. The van der Waals surface area contributed by atoms with Crippen LogP contribution in [0.15, 0.2) is 0 Å². The minimum absolute atomic E-state index is 0. The average molecular weight is 555 g/mol. The first-order valence-electron chi connectivity index (χ1n) is 0. The van der Waals surface area contributed by atoms with Crippen molar-refractivity contribution in [3.8, 4) is 0 Å². The van der Waals surface area contributed by atoms with E-state index in [9.17, 15) is 0 Å². The zero-order valence-electron chi connectivity index (χ0n) is 1.83. The second-order valence-electron chi connectivity index (χ2n) is 0. The molecule has 0 saturated heterocycles. The maximum atomic E-state index is 0. The van der Waals surface area contributed by atoms with Crippen LogP contribution in [0.1, 0.15) is 0 Å². The van der Waals surface area contributed by atoms with Crippen LogP contribution < -0.4 is 0 Å². The first-order chi connectivity index (χ1) is 0. The van der Waals surface area contributed by atoms with Crippen molar-refractivity contribution in [2.45, 2.75) is 0 Å². The minimum atomic E-state index is 0. The molecule has 0 aliphatic rings. The summed E-state index contributed by atoms with van der Waals surface area (Å²) in [4.78, 5) is 0. The van der Waals surface area contributed by atoms with E-state index < -0.39 is 0 Å². The van der Waals surface area contributed by atoms with Crippen LogP contribution in [0.3, 0.4) is 0 Å². The van der Waals surface area contributed by atoms with E-state index in [0.717, 1.165) is 0 Å². The summed E-state index contributed by atoms with van der Waals surface area (Å²) >= 11 is 0. The molecule has 0 nitrogen and oxygen atoms in total. The summed E-state index contributed by atoms with van der Waals surface area (Å²) in [5.74, 6) is 0. The molecular formula is H3BiCuMoW. The van der Waals surface area contributed by atoms with Crippen molar-refractivity contribution >= 4 is 26.2 Å². The van der Waals surface area contributed by atoms with Gasteiger partial charge in [0.25, 0.3) is 0 Å². The van der Waals surface area contributed by atoms with Gasteiger partial charge in [0.05, 0.1) is 0 Å². The predicted octanol–water partition coefficient (Wildman–Crippen LogP) is -1.19. The quantitative estimate of drug-likeness (QED) is 0.330. The summed E-state index contributed by atoms with van der Waals surface area (Å²) in [5, 5.41) is 0. The average Bonchev–Trinajstić information content (AvgIpc) is 0. The van der Waals surface area contributed by atoms with E-state index in [4.69, 9.17) is 0 Å². The van der Waals surface area contributed by atoms with Gasteiger partial charge in [-0.05, 0) is 0 Å². The van der Waals surface area contributed by atoms with Crippen molar-refractivity contribution in [3.05, 3.63) is 0 Å². The molecule has 0 saturated carbocycles. The van der Waals surface area contributed by atoms with Crippen LogP contribution >= 0.6 is 0 Å². The van der Waals surface area contributed by atoms with E-state index >= 15 is 0 Å². The SMILES string of the molecule is [BiH3].[Cu].[Mo].[W]. The fourth-order valence-corrected chi connectivity index (χ4v) is 0. The Morgan fingerprint density at radius 1 is 1.00 bits per heavy atom. The molecule has 0 aliphatic carbocycles. The maximum Gasteiger partial charge on any atom is 0 e. The molecule has 0 fully saturated rings. The van der Waals surface area contributed by atoms with Crippen molar-refractivity contribution < 1.29 is 59.2 Å². The molecule has 0 rings (SSSR count). The molecule has 0 aromatic carbocycles. The van der Waals surface area contributed by atoms with E-state index in [0.29, 0.717) is 0 Å². The summed E-state index contributed by atoms with van der Waals surface area (Å²) in [5.41, 5.74) is 0. The van der Waals surface area contributed by atoms with E-state index in [1.165, 1.54) is 0 Å². The smallest absolute Gasteiger partial charge is 0 e. The van der Waals surface area contributed by atoms with Crippen molar-refractivity contribution in [2.75, 3.05) is 0 Å². The molecule has 0 spiro atoms. The Labute approximate surface area is 84.0 Å². The summed E-state index contributed by atoms with van der Waals surface area (Å²) in [6.07, 6.45) is 0. The first-order valence-corrected chi connectivity index (χ1v) is 0. The predicted molar refractivity (Wildman–Crippen MR) is 9.94 cm³/mol. The fourth-order valence-electron chi connectivity index (χ4n) is 0. The van der Waals surface area contributed by atoms with Crippen molar-refractivity contribution in [1.29, 1.82) is 0 Å². The van der Waals surface area contributed by atoms with Gasteiger partial charge in [0, 0.05) is 59.2 Å². The molecule has 0 aliphatic heterocycles. The van der Waals surface area contributed by atoms with Gasteiger partial charge in [0.1, 0.15) is 0 Å². The second-order valence-corrected chi connectivity index (χ2v) is 0. The third-order valence-electron chi connectivity index (χ3n) is 0. The monoisotopic (exact) mass is 557 g/mol. The molecule has 0 aromatic heterocycles. The normalized spacial score (nSPS) is 0. The number of hydrogen-bond donors (Lipinski definition) is 0. The fraction of sp³-hybridized carbons (Fsp3) is 0. The van der Waals surface area contributed by atoms with E-state index in [1.54, 1.807) is 0 Å². The van der Waals surface area contributed by atoms with Crippen molar-refractivity contribution in [1.82, 2.24) is 0 Å². The van der Waals surface area contributed by atoms with E-state index in [-0.39, 0.29) is 85.4 Å². The first kappa shape index (κ1) is 29.3. The van der Waals surface area contributed by atoms with Crippen LogP contribution in [-0.2, 0) is 59.2 Å². The molecule has 0 aromatic rings. The third kappa shape index (κ3) is 8.84. The van der Waals surface area contributed by atoms with Gasteiger partial charge in [-0.2, -0.15) is 0 Å². The topological polar surface area (TPSA) is 0 Å². The zero-order chi connectivity index (χ0) is 0. The standard InChI is InChI=1S/Bi.Cu.Mo.W.3H. The molecule has 0 unspecified atom stereocenters. The summed E-state index contributed by atoms with van der Waals surface area (Å²) in [6, 6.07) is 0. The zero-order valence-corrected chi connectivity index (χ0v) is 13.2. The molecule has 0 N–H and O–H groups in total. The van der Waals surface area contributed by atoms with E-state index in [1.807, 2.05) is 0 Å². The molecule has 0 heterocycles. The molecule has 1 radical (unpaired) electrons. The molecular weight excluding hydrogens is 552 g/mol. The van der Waals surface area contributed by atoms with Gasteiger partial charge < -0.3 is 0 Å². The Kier molecular flexibility index (Phi) is 125. The Balaban J connectivity index is 0. The van der Waals surface area contributed by atoms with Crippen LogP contribution in [0.4, 0.5) is 0 Å². The van der Waals surface area contributed by atoms with Gasteiger partial charge >= 0.3 is 26.2 Å². The minimum Gasteiger partial charge on any atom is 0 e. The van der Waals surface area contributed by atoms with Crippen LogP contribution in [0.25, 0.3) is 0 Å². The molecule has 0 amide bonds. The summed E-state index contributed by atoms with van der Waals surface area (Å²) in [6.45, 7) is 0. The molecule has 4 heteroatoms. The molecule has 4 heavy (non-hydrogen) atoms. The van der Waals surface area contributed by atoms with Gasteiger partial charge in [-0.25, -0.2) is 0 Å². The molecule has 0 atom stereocenters. The number of rotatable bonds is 0. The largest absolute Gasteiger partial charge is 0 e. The molecule has 31 valence electrons. The van der Waals surface area contributed by atoms with Crippen LogP contribution in [0.2, 0.25) is 0 Å². The third-order valence-corrected chi connectivity index (χ3v) is 0. The Morgan fingerprint density at radius 2 is 1.00 bits per heavy atom. The molecule has 0 bridgehead atoms. The summed E-state index contributed by atoms with van der Waals surface area (Å²) < 4.78 is 0.